The van der Waals surface area contributed by atoms with Crippen molar-refractivity contribution >= 4 is 27.4 Å². The van der Waals surface area contributed by atoms with Crippen molar-refractivity contribution in [1.29, 1.82) is 0 Å². The Kier molecular flexibility index (Phi) is 3.79. The summed E-state index contributed by atoms with van der Waals surface area (Å²) in [5.74, 6) is 0.500. The van der Waals surface area contributed by atoms with Crippen molar-refractivity contribution in [2.24, 2.45) is 21.5 Å². The zero-order valence-corrected chi connectivity index (χ0v) is 13.9. The lowest BCUT2D eigenvalue weighted by Gasteiger charge is -2.45. The predicted octanol–water partition coefficient (Wildman–Crippen LogP) is 1.20. The van der Waals surface area contributed by atoms with E-state index in [1.54, 1.807) is 24.3 Å². The smallest absolute Gasteiger partial charge is 0.220 e. The number of hydrogen-bond acceptors (Lipinski definition) is 7. The Labute approximate surface area is 136 Å². The van der Waals surface area contributed by atoms with E-state index < -0.39 is 15.5 Å². The second kappa shape index (κ2) is 5.52. The highest BCUT2D eigenvalue weighted by molar-refractivity contribution is 7.90. The van der Waals surface area contributed by atoms with E-state index in [2.05, 4.69) is 9.98 Å². The minimum absolute atomic E-state index is 0.202. The van der Waals surface area contributed by atoms with E-state index in [0.717, 1.165) is 37.8 Å². The van der Waals surface area contributed by atoms with Crippen molar-refractivity contribution in [1.82, 2.24) is 0 Å². The molecule has 0 bridgehead atoms. The molecule has 1 heterocycles. The average molecular weight is 335 g/mol. The molecule has 1 spiro atoms. The highest BCUT2D eigenvalue weighted by atomic mass is 32.2. The second-order valence-electron chi connectivity index (χ2n) is 6.08. The van der Waals surface area contributed by atoms with E-state index in [4.69, 9.17) is 11.5 Å². The Bertz CT molecular complexity index is 762. The van der Waals surface area contributed by atoms with Gasteiger partial charge in [0, 0.05) is 11.9 Å². The number of rotatable bonds is 2. The van der Waals surface area contributed by atoms with Crippen LogP contribution in [0, 0.1) is 0 Å². The Balaban J connectivity index is 2.03. The molecule has 1 aliphatic heterocycles. The van der Waals surface area contributed by atoms with Crippen molar-refractivity contribution in [2.75, 3.05) is 11.2 Å². The molecule has 1 aromatic carbocycles. The molecule has 0 atom stereocenters. The van der Waals surface area contributed by atoms with Crippen molar-refractivity contribution in [3.05, 3.63) is 24.3 Å². The maximum atomic E-state index is 11.6. The van der Waals surface area contributed by atoms with Crippen LogP contribution in [-0.4, -0.2) is 32.3 Å². The van der Waals surface area contributed by atoms with Crippen molar-refractivity contribution in [3.8, 4) is 0 Å². The van der Waals surface area contributed by atoms with Gasteiger partial charge in [0.05, 0.1) is 4.90 Å². The molecule has 1 saturated carbocycles. The molecule has 8 heteroatoms. The average Bonchev–Trinajstić information content (AvgIpc) is 2.46. The summed E-state index contributed by atoms with van der Waals surface area (Å²) in [4.78, 5) is 10.8. The third kappa shape index (κ3) is 2.90. The monoisotopic (exact) mass is 335 g/mol. The first kappa shape index (κ1) is 15.8. The van der Waals surface area contributed by atoms with Gasteiger partial charge in [-0.1, -0.05) is 6.42 Å². The highest BCUT2D eigenvalue weighted by Gasteiger charge is 2.42. The fourth-order valence-corrected chi connectivity index (χ4v) is 3.97. The van der Waals surface area contributed by atoms with E-state index in [9.17, 15) is 8.42 Å². The lowest BCUT2D eigenvalue weighted by Crippen LogP contribution is -2.58. The molecule has 7 nitrogen and oxygen atoms in total. The quantitative estimate of drug-likeness (QED) is 0.843. The van der Waals surface area contributed by atoms with E-state index in [0.29, 0.717) is 5.96 Å². The second-order valence-corrected chi connectivity index (χ2v) is 8.10. The van der Waals surface area contributed by atoms with Crippen LogP contribution >= 0.6 is 0 Å². The fourth-order valence-electron chi connectivity index (χ4n) is 3.34. The predicted molar refractivity (Wildman–Crippen MR) is 91.1 cm³/mol. The summed E-state index contributed by atoms with van der Waals surface area (Å²) in [6, 6.07) is 6.64. The summed E-state index contributed by atoms with van der Waals surface area (Å²) < 4.78 is 23.2. The van der Waals surface area contributed by atoms with Gasteiger partial charge in [0.1, 0.15) is 5.66 Å². The lowest BCUT2D eigenvalue weighted by molar-refractivity contribution is 0.305. The molecule has 0 radical (unpaired) electrons. The molecule has 0 aromatic heterocycles. The van der Waals surface area contributed by atoms with Gasteiger partial charge in [-0.3, -0.25) is 4.90 Å². The zero-order valence-electron chi connectivity index (χ0n) is 13.1. The van der Waals surface area contributed by atoms with Gasteiger partial charge in [0.15, 0.2) is 9.84 Å². The van der Waals surface area contributed by atoms with Crippen LogP contribution in [0.1, 0.15) is 32.1 Å². The van der Waals surface area contributed by atoms with Gasteiger partial charge >= 0.3 is 0 Å². The number of aliphatic imine (C=N–C) groups is 2. The first-order valence-corrected chi connectivity index (χ1v) is 9.51. The number of benzene rings is 1. The number of sulfone groups is 1. The normalized spacial score (nSPS) is 21.0. The number of nitrogens with two attached hydrogens (primary N) is 2. The van der Waals surface area contributed by atoms with Crippen molar-refractivity contribution in [2.45, 2.75) is 42.7 Å². The number of hydrogen-bond donors (Lipinski definition) is 2. The van der Waals surface area contributed by atoms with Gasteiger partial charge in [-0.15, -0.1) is 0 Å². The maximum Gasteiger partial charge on any atom is 0.220 e. The van der Waals surface area contributed by atoms with Crippen LogP contribution < -0.4 is 16.4 Å². The van der Waals surface area contributed by atoms with Crippen LogP contribution in [0.3, 0.4) is 0 Å². The lowest BCUT2D eigenvalue weighted by atomic mass is 9.87. The molecule has 4 N–H and O–H groups in total. The van der Waals surface area contributed by atoms with Crippen LogP contribution in [0.4, 0.5) is 5.69 Å². The molecule has 1 fully saturated rings. The van der Waals surface area contributed by atoms with Gasteiger partial charge in [0.2, 0.25) is 11.9 Å². The minimum Gasteiger partial charge on any atom is -0.369 e. The molecule has 2 aliphatic rings. The zero-order chi connectivity index (χ0) is 16.7. The fraction of sp³-hybridized carbons (Fsp3) is 0.467. The van der Waals surface area contributed by atoms with Gasteiger partial charge in [-0.2, -0.15) is 4.99 Å². The van der Waals surface area contributed by atoms with Crippen LogP contribution in [0.15, 0.2) is 39.1 Å². The molecular weight excluding hydrogens is 314 g/mol. The summed E-state index contributed by atoms with van der Waals surface area (Å²) in [5.41, 5.74) is 12.2. The van der Waals surface area contributed by atoms with Crippen LogP contribution in [-0.2, 0) is 9.84 Å². The Morgan fingerprint density at radius 3 is 2.26 bits per heavy atom. The molecule has 23 heavy (non-hydrogen) atoms. The maximum absolute atomic E-state index is 11.6. The third-order valence-electron chi connectivity index (χ3n) is 4.37. The van der Waals surface area contributed by atoms with Gasteiger partial charge in [-0.05, 0) is 49.9 Å². The third-order valence-corrected chi connectivity index (χ3v) is 5.50. The summed E-state index contributed by atoms with van der Waals surface area (Å²) in [6.07, 6.45) is 6.13. The van der Waals surface area contributed by atoms with Crippen molar-refractivity contribution in [3.63, 3.8) is 0 Å². The van der Waals surface area contributed by atoms with Crippen molar-refractivity contribution < 1.29 is 8.42 Å². The molecule has 124 valence electrons. The minimum atomic E-state index is -3.23. The molecule has 1 aliphatic carbocycles. The summed E-state index contributed by atoms with van der Waals surface area (Å²) in [6.45, 7) is 0. The Morgan fingerprint density at radius 1 is 1.09 bits per heavy atom. The topological polar surface area (TPSA) is 114 Å². The first-order valence-electron chi connectivity index (χ1n) is 7.62. The summed E-state index contributed by atoms with van der Waals surface area (Å²) >= 11 is 0. The molecule has 1 aromatic rings. The van der Waals surface area contributed by atoms with E-state index in [-0.39, 0.29) is 10.9 Å². The highest BCUT2D eigenvalue weighted by Crippen LogP contribution is 2.39. The Morgan fingerprint density at radius 2 is 1.70 bits per heavy atom. The standard InChI is InChI=1S/C15H21N5O2S/c1-23(21,22)12-7-5-11(6-8-12)20-14(17)18-13(16)19-15(20)9-3-2-4-10-15/h5-8H,2-4,9-10H2,1H3,(H4,16,17,18,19). The molecule has 0 amide bonds. The first-order chi connectivity index (χ1) is 10.8. The SMILES string of the molecule is CS(=O)(=O)c1ccc(N2C(N)=NC(N)=NC23CCCCC3)cc1. The van der Waals surface area contributed by atoms with E-state index in [1.807, 2.05) is 4.90 Å². The van der Waals surface area contributed by atoms with Crippen LogP contribution in [0.25, 0.3) is 0 Å². The largest absolute Gasteiger partial charge is 0.369 e. The summed E-state index contributed by atoms with van der Waals surface area (Å²) in [7, 11) is -3.23. The Hall–Kier alpha value is -2.09. The van der Waals surface area contributed by atoms with E-state index in [1.165, 1.54) is 6.26 Å². The number of nitrogens with zero attached hydrogens (tertiary/aromatic N) is 3. The molecular formula is C15H21N5O2S. The van der Waals surface area contributed by atoms with Gasteiger partial charge < -0.3 is 11.5 Å². The van der Waals surface area contributed by atoms with Gasteiger partial charge in [0.25, 0.3) is 0 Å². The molecule has 0 saturated heterocycles. The number of anilines is 1. The van der Waals surface area contributed by atoms with Crippen LogP contribution in [0.5, 0.6) is 0 Å². The van der Waals surface area contributed by atoms with Crippen LogP contribution in [0.2, 0.25) is 0 Å². The summed E-state index contributed by atoms with van der Waals surface area (Å²) in [5, 5.41) is 0. The van der Waals surface area contributed by atoms with E-state index >= 15 is 0 Å². The molecule has 3 rings (SSSR count). The van der Waals surface area contributed by atoms with Gasteiger partial charge in [-0.25, -0.2) is 13.4 Å². The number of guanidine groups is 2. The molecule has 0 unspecified atom stereocenters.